The lowest BCUT2D eigenvalue weighted by Gasteiger charge is -2.21. The molecule has 23 heavy (non-hydrogen) atoms. The van der Waals surface area contributed by atoms with Gasteiger partial charge in [0.2, 0.25) is 0 Å². The van der Waals surface area contributed by atoms with E-state index in [-0.39, 0.29) is 0 Å². The van der Waals surface area contributed by atoms with Gasteiger partial charge in [0.25, 0.3) is 0 Å². The average molecular weight is 311 g/mol. The second-order valence-corrected chi connectivity index (χ2v) is 6.37. The molecule has 0 saturated carbocycles. The van der Waals surface area contributed by atoms with Crippen molar-refractivity contribution in [2.45, 2.75) is 27.7 Å². The lowest BCUT2D eigenvalue weighted by Crippen LogP contribution is -2.30. The summed E-state index contributed by atoms with van der Waals surface area (Å²) in [6, 6.07) is 12.8. The van der Waals surface area contributed by atoms with Gasteiger partial charge in [-0.3, -0.25) is 4.90 Å². The Bertz CT molecular complexity index is 609. The van der Waals surface area contributed by atoms with E-state index in [0.29, 0.717) is 0 Å². The molecule has 124 valence electrons. The Labute approximate surface area is 140 Å². The van der Waals surface area contributed by atoms with Crippen LogP contribution in [-0.4, -0.2) is 31.7 Å². The zero-order chi connectivity index (χ0) is 16.8. The van der Waals surface area contributed by atoms with Crippen molar-refractivity contribution in [2.75, 3.05) is 37.4 Å². The molecule has 0 aromatic heterocycles. The SMILES string of the molecule is Cc1cccc(C)c1NCCN(C)CNc1c(C)cccc1C. The van der Waals surface area contributed by atoms with Crippen molar-refractivity contribution in [1.29, 1.82) is 0 Å². The lowest BCUT2D eigenvalue weighted by atomic mass is 10.1. The first-order valence-corrected chi connectivity index (χ1v) is 8.27. The number of likely N-dealkylation sites (N-methyl/N-ethyl adjacent to an activating group) is 1. The lowest BCUT2D eigenvalue weighted by molar-refractivity contribution is 0.372. The number of nitrogens with zero attached hydrogens (tertiary/aromatic N) is 1. The minimum Gasteiger partial charge on any atom is -0.383 e. The first kappa shape index (κ1) is 17.4. The first-order chi connectivity index (χ1) is 11.0. The van der Waals surface area contributed by atoms with E-state index in [0.717, 1.165) is 19.8 Å². The maximum atomic E-state index is 3.56. The summed E-state index contributed by atoms with van der Waals surface area (Å²) >= 11 is 0. The van der Waals surface area contributed by atoms with E-state index in [4.69, 9.17) is 0 Å². The van der Waals surface area contributed by atoms with Gasteiger partial charge < -0.3 is 10.6 Å². The fourth-order valence-electron chi connectivity index (χ4n) is 2.85. The number of benzene rings is 2. The molecular weight excluding hydrogens is 282 g/mol. The van der Waals surface area contributed by atoms with Crippen LogP contribution in [0.4, 0.5) is 11.4 Å². The van der Waals surface area contributed by atoms with Crippen LogP contribution in [0.5, 0.6) is 0 Å². The highest BCUT2D eigenvalue weighted by Crippen LogP contribution is 2.20. The zero-order valence-electron chi connectivity index (χ0n) is 15.0. The first-order valence-electron chi connectivity index (χ1n) is 8.27. The maximum Gasteiger partial charge on any atom is 0.0676 e. The summed E-state index contributed by atoms with van der Waals surface area (Å²) in [5.74, 6) is 0. The van der Waals surface area contributed by atoms with Crippen LogP contribution in [-0.2, 0) is 0 Å². The molecule has 2 N–H and O–H groups in total. The Morgan fingerprint density at radius 1 is 0.739 bits per heavy atom. The average Bonchev–Trinajstić information content (AvgIpc) is 2.50. The summed E-state index contributed by atoms with van der Waals surface area (Å²) in [5, 5.41) is 7.11. The molecule has 0 radical (unpaired) electrons. The quantitative estimate of drug-likeness (QED) is 0.745. The van der Waals surface area contributed by atoms with E-state index in [2.05, 4.69) is 86.7 Å². The van der Waals surface area contributed by atoms with E-state index in [1.54, 1.807) is 0 Å². The van der Waals surface area contributed by atoms with Gasteiger partial charge in [0.15, 0.2) is 0 Å². The third-order valence-electron chi connectivity index (χ3n) is 4.28. The monoisotopic (exact) mass is 311 g/mol. The van der Waals surface area contributed by atoms with Gasteiger partial charge in [0.1, 0.15) is 0 Å². The molecule has 0 spiro atoms. The molecule has 0 saturated heterocycles. The van der Waals surface area contributed by atoms with Gasteiger partial charge in [0.05, 0.1) is 6.67 Å². The zero-order valence-corrected chi connectivity index (χ0v) is 15.0. The topological polar surface area (TPSA) is 27.3 Å². The third kappa shape index (κ3) is 4.73. The van der Waals surface area contributed by atoms with Gasteiger partial charge in [-0.05, 0) is 57.0 Å². The molecule has 0 aliphatic rings. The molecule has 0 amide bonds. The van der Waals surface area contributed by atoms with Crippen molar-refractivity contribution in [2.24, 2.45) is 0 Å². The molecule has 2 rings (SSSR count). The summed E-state index contributed by atoms with van der Waals surface area (Å²) in [6.45, 7) is 11.4. The Kier molecular flexibility index (Phi) is 6.05. The predicted molar refractivity (Wildman–Crippen MR) is 101 cm³/mol. The van der Waals surface area contributed by atoms with Crippen LogP contribution in [0.1, 0.15) is 22.3 Å². The Balaban J connectivity index is 1.81. The number of anilines is 2. The number of aryl methyl sites for hydroxylation is 4. The van der Waals surface area contributed by atoms with Crippen LogP contribution in [0.2, 0.25) is 0 Å². The maximum absolute atomic E-state index is 3.56. The van der Waals surface area contributed by atoms with Gasteiger partial charge in [-0.25, -0.2) is 0 Å². The van der Waals surface area contributed by atoms with E-state index in [1.807, 2.05) is 0 Å². The van der Waals surface area contributed by atoms with E-state index in [1.165, 1.54) is 33.6 Å². The molecule has 0 bridgehead atoms. The fraction of sp³-hybridized carbons (Fsp3) is 0.400. The highest BCUT2D eigenvalue weighted by atomic mass is 15.2. The molecule has 0 heterocycles. The van der Waals surface area contributed by atoms with E-state index >= 15 is 0 Å². The summed E-state index contributed by atoms with van der Waals surface area (Å²) in [4.78, 5) is 2.30. The Morgan fingerprint density at radius 2 is 1.17 bits per heavy atom. The number of rotatable bonds is 7. The van der Waals surface area contributed by atoms with Crippen LogP contribution in [0.3, 0.4) is 0 Å². The van der Waals surface area contributed by atoms with E-state index < -0.39 is 0 Å². The second-order valence-electron chi connectivity index (χ2n) is 6.37. The molecule has 3 heteroatoms. The van der Waals surface area contributed by atoms with Crippen LogP contribution >= 0.6 is 0 Å². The summed E-state index contributed by atoms with van der Waals surface area (Å²) < 4.78 is 0. The summed E-state index contributed by atoms with van der Waals surface area (Å²) in [7, 11) is 2.15. The summed E-state index contributed by atoms with van der Waals surface area (Å²) in [5.41, 5.74) is 7.73. The molecule has 0 aliphatic heterocycles. The van der Waals surface area contributed by atoms with Crippen molar-refractivity contribution < 1.29 is 0 Å². The molecule has 0 aliphatic carbocycles. The van der Waals surface area contributed by atoms with Crippen LogP contribution < -0.4 is 10.6 Å². The van der Waals surface area contributed by atoms with Crippen molar-refractivity contribution >= 4 is 11.4 Å². The fourth-order valence-corrected chi connectivity index (χ4v) is 2.85. The number of para-hydroxylation sites is 2. The molecule has 0 atom stereocenters. The highest BCUT2D eigenvalue weighted by molar-refractivity contribution is 5.57. The standard InChI is InChI=1S/C20H29N3/c1-15-8-6-9-16(2)19(15)21-12-13-23(5)14-22-20-17(3)10-7-11-18(20)4/h6-11,21-22H,12-14H2,1-5H3. The molecule has 2 aromatic rings. The molecule has 3 nitrogen and oxygen atoms in total. The third-order valence-corrected chi connectivity index (χ3v) is 4.28. The van der Waals surface area contributed by atoms with Gasteiger partial charge in [-0.1, -0.05) is 36.4 Å². The van der Waals surface area contributed by atoms with E-state index in [9.17, 15) is 0 Å². The smallest absolute Gasteiger partial charge is 0.0676 e. The van der Waals surface area contributed by atoms with Crippen molar-refractivity contribution in [3.05, 3.63) is 58.7 Å². The minimum absolute atomic E-state index is 0.847. The van der Waals surface area contributed by atoms with Crippen LogP contribution in [0, 0.1) is 27.7 Å². The highest BCUT2D eigenvalue weighted by Gasteiger charge is 2.04. The Morgan fingerprint density at radius 3 is 1.65 bits per heavy atom. The number of hydrogen-bond donors (Lipinski definition) is 2. The largest absolute Gasteiger partial charge is 0.383 e. The van der Waals surface area contributed by atoms with Gasteiger partial charge in [-0.15, -0.1) is 0 Å². The molecule has 0 fully saturated rings. The number of nitrogens with one attached hydrogen (secondary N) is 2. The minimum atomic E-state index is 0.847. The normalized spacial score (nSPS) is 10.9. The van der Waals surface area contributed by atoms with Crippen molar-refractivity contribution in [1.82, 2.24) is 4.90 Å². The van der Waals surface area contributed by atoms with Crippen molar-refractivity contribution in [3.8, 4) is 0 Å². The molecule has 2 aromatic carbocycles. The van der Waals surface area contributed by atoms with Crippen LogP contribution in [0.15, 0.2) is 36.4 Å². The van der Waals surface area contributed by atoms with Crippen molar-refractivity contribution in [3.63, 3.8) is 0 Å². The molecular formula is C20H29N3. The van der Waals surface area contributed by atoms with Gasteiger partial charge in [-0.2, -0.15) is 0 Å². The summed E-state index contributed by atoms with van der Waals surface area (Å²) in [6.07, 6.45) is 0. The van der Waals surface area contributed by atoms with Gasteiger partial charge in [0, 0.05) is 24.5 Å². The molecule has 0 unspecified atom stereocenters. The van der Waals surface area contributed by atoms with Crippen LogP contribution in [0.25, 0.3) is 0 Å². The second kappa shape index (κ2) is 8.02. The Hall–Kier alpha value is -2.00. The predicted octanol–water partition coefficient (Wildman–Crippen LogP) is 4.33. The number of hydrogen-bond acceptors (Lipinski definition) is 3. The van der Waals surface area contributed by atoms with Gasteiger partial charge >= 0.3 is 0 Å².